The van der Waals surface area contributed by atoms with E-state index in [1.807, 2.05) is 11.3 Å². The molecule has 2 heterocycles. The summed E-state index contributed by atoms with van der Waals surface area (Å²) in [4.78, 5) is 3.92. The first-order valence-electron chi connectivity index (χ1n) is 7.77. The molecule has 0 saturated carbocycles. The van der Waals surface area contributed by atoms with E-state index in [2.05, 4.69) is 66.7 Å². The number of halogens is 1. The highest BCUT2D eigenvalue weighted by molar-refractivity contribution is 9.11. The molecule has 0 aromatic carbocycles. The van der Waals surface area contributed by atoms with Crippen molar-refractivity contribution in [3.8, 4) is 0 Å². The van der Waals surface area contributed by atoms with E-state index < -0.39 is 0 Å². The van der Waals surface area contributed by atoms with Gasteiger partial charge in [-0.05, 0) is 46.3 Å². The Kier molecular flexibility index (Phi) is 5.69. The standard InChI is InChI=1S/C17H27BrN2S/c1-5-13(19)16(14-6-7-15(18)21-14)20-10-8-12(9-11-20)17(2,3)4/h6-8,13,16H,5,9-11,19H2,1-4H3. The second kappa shape index (κ2) is 6.95. The first-order valence-corrected chi connectivity index (χ1v) is 9.38. The topological polar surface area (TPSA) is 29.3 Å². The minimum Gasteiger partial charge on any atom is -0.326 e. The predicted molar refractivity (Wildman–Crippen MR) is 96.8 cm³/mol. The third kappa shape index (κ3) is 4.19. The molecule has 2 atom stereocenters. The molecule has 1 aromatic heterocycles. The molecule has 2 unspecified atom stereocenters. The van der Waals surface area contributed by atoms with Crippen LogP contribution in [0.5, 0.6) is 0 Å². The molecule has 2 rings (SSSR count). The SMILES string of the molecule is CCC(N)C(c1ccc(Br)s1)N1CC=C(C(C)(C)C)CC1. The second-order valence-electron chi connectivity index (χ2n) is 6.88. The van der Waals surface area contributed by atoms with Crippen LogP contribution in [0.25, 0.3) is 0 Å². The van der Waals surface area contributed by atoms with E-state index in [4.69, 9.17) is 5.73 Å². The van der Waals surface area contributed by atoms with Crippen molar-refractivity contribution in [2.24, 2.45) is 11.1 Å². The number of thiophene rings is 1. The van der Waals surface area contributed by atoms with E-state index in [0.717, 1.165) is 25.9 Å². The van der Waals surface area contributed by atoms with Gasteiger partial charge < -0.3 is 5.73 Å². The molecule has 21 heavy (non-hydrogen) atoms. The second-order valence-corrected chi connectivity index (χ2v) is 9.38. The summed E-state index contributed by atoms with van der Waals surface area (Å²) in [6.45, 7) is 11.2. The quantitative estimate of drug-likeness (QED) is 0.758. The van der Waals surface area contributed by atoms with E-state index in [1.165, 1.54) is 8.66 Å². The van der Waals surface area contributed by atoms with E-state index in [-0.39, 0.29) is 6.04 Å². The highest BCUT2D eigenvalue weighted by Gasteiger charge is 2.30. The fourth-order valence-corrected chi connectivity index (χ4v) is 4.63. The van der Waals surface area contributed by atoms with Crippen LogP contribution in [0.3, 0.4) is 0 Å². The smallest absolute Gasteiger partial charge is 0.0702 e. The fraction of sp³-hybridized carbons (Fsp3) is 0.647. The number of hydrogen-bond acceptors (Lipinski definition) is 3. The molecule has 2 N–H and O–H groups in total. The van der Waals surface area contributed by atoms with Crippen LogP contribution < -0.4 is 5.73 Å². The maximum absolute atomic E-state index is 6.44. The molecular formula is C17H27BrN2S. The summed E-state index contributed by atoms with van der Waals surface area (Å²) in [7, 11) is 0. The van der Waals surface area contributed by atoms with Gasteiger partial charge in [0.2, 0.25) is 0 Å². The number of nitrogens with zero attached hydrogens (tertiary/aromatic N) is 1. The third-order valence-corrected chi connectivity index (χ3v) is 6.05. The number of nitrogens with two attached hydrogens (primary N) is 1. The van der Waals surface area contributed by atoms with Crippen molar-refractivity contribution in [1.82, 2.24) is 4.90 Å². The highest BCUT2D eigenvalue weighted by atomic mass is 79.9. The van der Waals surface area contributed by atoms with E-state index in [0.29, 0.717) is 11.5 Å². The van der Waals surface area contributed by atoms with Crippen LogP contribution >= 0.6 is 27.3 Å². The zero-order valence-corrected chi connectivity index (χ0v) is 15.9. The molecule has 0 radical (unpaired) electrons. The fourth-order valence-electron chi connectivity index (χ4n) is 2.99. The normalized spacial score (nSPS) is 20.2. The maximum atomic E-state index is 6.44. The van der Waals surface area contributed by atoms with Crippen molar-refractivity contribution in [3.05, 3.63) is 32.4 Å². The number of hydrogen-bond donors (Lipinski definition) is 1. The van der Waals surface area contributed by atoms with Crippen LogP contribution in [-0.2, 0) is 0 Å². The molecular weight excluding hydrogens is 344 g/mol. The molecule has 0 spiro atoms. The molecule has 0 saturated heterocycles. The Morgan fingerprint density at radius 2 is 2.10 bits per heavy atom. The van der Waals surface area contributed by atoms with E-state index in [1.54, 1.807) is 5.57 Å². The summed E-state index contributed by atoms with van der Waals surface area (Å²) in [5.41, 5.74) is 8.31. The Bertz CT molecular complexity index is 501. The zero-order valence-electron chi connectivity index (χ0n) is 13.5. The van der Waals surface area contributed by atoms with Gasteiger partial charge in [0, 0.05) is 24.0 Å². The lowest BCUT2D eigenvalue weighted by atomic mass is 9.82. The Morgan fingerprint density at radius 3 is 2.52 bits per heavy atom. The van der Waals surface area contributed by atoms with Gasteiger partial charge in [-0.1, -0.05) is 39.3 Å². The van der Waals surface area contributed by atoms with Crippen molar-refractivity contribution < 1.29 is 0 Å². The molecule has 0 bridgehead atoms. The summed E-state index contributed by atoms with van der Waals surface area (Å²) in [5.74, 6) is 0. The lowest BCUT2D eigenvalue weighted by Gasteiger charge is -2.38. The molecule has 2 nitrogen and oxygen atoms in total. The summed E-state index contributed by atoms with van der Waals surface area (Å²) < 4.78 is 1.19. The predicted octanol–water partition coefficient (Wildman–Crippen LogP) is 4.97. The van der Waals surface area contributed by atoms with Gasteiger partial charge in [0.1, 0.15) is 0 Å². The Morgan fingerprint density at radius 1 is 1.38 bits per heavy atom. The summed E-state index contributed by atoms with van der Waals surface area (Å²) in [6.07, 6.45) is 4.58. The molecule has 1 aliphatic rings. The van der Waals surface area contributed by atoms with Gasteiger partial charge in [0.15, 0.2) is 0 Å². The Labute approximate surface area is 141 Å². The maximum Gasteiger partial charge on any atom is 0.0702 e. The van der Waals surface area contributed by atoms with Crippen LogP contribution in [0.2, 0.25) is 0 Å². The summed E-state index contributed by atoms with van der Waals surface area (Å²) >= 11 is 5.39. The van der Waals surface area contributed by atoms with Crippen molar-refractivity contribution in [3.63, 3.8) is 0 Å². The lowest BCUT2D eigenvalue weighted by molar-refractivity contribution is 0.179. The van der Waals surface area contributed by atoms with Gasteiger partial charge >= 0.3 is 0 Å². The lowest BCUT2D eigenvalue weighted by Crippen LogP contribution is -2.43. The summed E-state index contributed by atoms with van der Waals surface area (Å²) in [6, 6.07) is 4.89. The van der Waals surface area contributed by atoms with Crippen LogP contribution in [0, 0.1) is 5.41 Å². The molecule has 1 aliphatic heterocycles. The van der Waals surface area contributed by atoms with Crippen LogP contribution in [0.1, 0.15) is 51.5 Å². The van der Waals surface area contributed by atoms with Crippen LogP contribution in [0.4, 0.5) is 0 Å². The van der Waals surface area contributed by atoms with Crippen molar-refractivity contribution in [1.29, 1.82) is 0 Å². The Balaban J connectivity index is 2.19. The first-order chi connectivity index (χ1) is 9.82. The van der Waals surface area contributed by atoms with Gasteiger partial charge in [-0.2, -0.15) is 0 Å². The minimum atomic E-state index is 0.195. The van der Waals surface area contributed by atoms with Crippen LogP contribution in [0.15, 0.2) is 27.6 Å². The molecule has 4 heteroatoms. The highest BCUT2D eigenvalue weighted by Crippen LogP contribution is 2.37. The van der Waals surface area contributed by atoms with Gasteiger partial charge in [0.25, 0.3) is 0 Å². The first kappa shape index (κ1) is 17.2. The zero-order chi connectivity index (χ0) is 15.6. The van der Waals surface area contributed by atoms with Crippen molar-refractivity contribution in [2.45, 2.75) is 52.6 Å². The van der Waals surface area contributed by atoms with Crippen LogP contribution in [-0.4, -0.2) is 24.0 Å². The largest absolute Gasteiger partial charge is 0.326 e. The molecule has 1 aromatic rings. The molecule has 0 fully saturated rings. The van der Waals surface area contributed by atoms with Crippen molar-refractivity contribution in [2.75, 3.05) is 13.1 Å². The van der Waals surface area contributed by atoms with E-state index >= 15 is 0 Å². The molecule has 0 aliphatic carbocycles. The third-order valence-electron chi connectivity index (χ3n) is 4.36. The van der Waals surface area contributed by atoms with Gasteiger partial charge in [0.05, 0.1) is 9.83 Å². The van der Waals surface area contributed by atoms with Gasteiger partial charge in [-0.3, -0.25) is 4.90 Å². The monoisotopic (exact) mass is 370 g/mol. The average molecular weight is 371 g/mol. The van der Waals surface area contributed by atoms with Gasteiger partial charge in [-0.25, -0.2) is 0 Å². The van der Waals surface area contributed by atoms with Crippen molar-refractivity contribution >= 4 is 27.3 Å². The molecule has 118 valence electrons. The average Bonchev–Trinajstić information content (AvgIpc) is 2.84. The Hall–Kier alpha value is -0.160. The summed E-state index contributed by atoms with van der Waals surface area (Å²) in [5, 5.41) is 0. The number of rotatable bonds is 4. The van der Waals surface area contributed by atoms with E-state index in [9.17, 15) is 0 Å². The molecule has 0 amide bonds. The van der Waals surface area contributed by atoms with Gasteiger partial charge in [-0.15, -0.1) is 11.3 Å². The minimum absolute atomic E-state index is 0.195.